The molecule has 0 aliphatic carbocycles. The lowest BCUT2D eigenvalue weighted by Gasteiger charge is -2.40. The minimum absolute atomic E-state index is 0.000165. The fraction of sp³-hybridized carbons (Fsp3) is 0.882. The maximum Gasteiger partial charge on any atom is 0.293 e. The van der Waals surface area contributed by atoms with E-state index in [1.54, 1.807) is 6.92 Å². The molecule has 3 unspecified atom stereocenters. The second kappa shape index (κ2) is 7.67. The Balaban J connectivity index is 2.13. The van der Waals surface area contributed by atoms with Gasteiger partial charge in [0.2, 0.25) is 0 Å². The molecule has 144 valence electrons. The minimum Gasteiger partial charge on any atom is -0.465 e. The molecule has 2 aliphatic heterocycles. The second-order valence-corrected chi connectivity index (χ2v) is 7.59. The lowest BCUT2D eigenvalue weighted by Crippen LogP contribution is -2.54. The van der Waals surface area contributed by atoms with E-state index < -0.39 is 36.2 Å². The van der Waals surface area contributed by atoms with Crippen LogP contribution in [0.3, 0.4) is 0 Å². The minimum atomic E-state index is -1.26. The summed E-state index contributed by atoms with van der Waals surface area (Å²) in [5, 5.41) is 0. The van der Waals surface area contributed by atoms with Gasteiger partial charge in [0, 0.05) is 12.8 Å². The number of hydrogen-bond acceptors (Lipinski definition) is 8. The van der Waals surface area contributed by atoms with Crippen molar-refractivity contribution in [3.63, 3.8) is 0 Å². The van der Waals surface area contributed by atoms with Crippen molar-refractivity contribution in [3.05, 3.63) is 0 Å². The third kappa shape index (κ3) is 5.21. The highest BCUT2D eigenvalue weighted by molar-refractivity contribution is 5.76. The van der Waals surface area contributed by atoms with Crippen LogP contribution >= 0.6 is 0 Å². The Morgan fingerprint density at radius 2 is 1.96 bits per heavy atom. The Bertz CT molecular complexity index is 488. The first-order valence-electron chi connectivity index (χ1n) is 8.42. The van der Waals surface area contributed by atoms with Crippen LogP contribution in [0.1, 0.15) is 41.5 Å². The van der Waals surface area contributed by atoms with Gasteiger partial charge in [0.1, 0.15) is 25.4 Å². The number of hydrogen-bond donors (Lipinski definition) is 0. The zero-order chi connectivity index (χ0) is 18.8. The SMILES string of the molecule is CC(=O)CO[C@H]1C(C)[C@@H]2OC(C)(OC(C)(C)C)OC2O[C@H]1COC=O. The number of ether oxygens (including phenoxy) is 6. The van der Waals surface area contributed by atoms with Crippen molar-refractivity contribution < 1.29 is 38.0 Å². The molecule has 2 heterocycles. The average Bonchev–Trinajstić information content (AvgIpc) is 2.78. The lowest BCUT2D eigenvalue weighted by atomic mass is 9.90. The quantitative estimate of drug-likeness (QED) is 0.630. The van der Waals surface area contributed by atoms with Crippen molar-refractivity contribution in [2.45, 2.75) is 77.7 Å². The molecular weight excluding hydrogens is 332 g/mol. The summed E-state index contributed by atoms with van der Waals surface area (Å²) in [7, 11) is 0. The van der Waals surface area contributed by atoms with E-state index in [2.05, 4.69) is 0 Å². The van der Waals surface area contributed by atoms with Gasteiger partial charge >= 0.3 is 0 Å². The van der Waals surface area contributed by atoms with Gasteiger partial charge in [-0.1, -0.05) is 6.92 Å². The van der Waals surface area contributed by atoms with Crippen molar-refractivity contribution in [1.82, 2.24) is 0 Å². The van der Waals surface area contributed by atoms with Crippen LogP contribution in [0.15, 0.2) is 0 Å². The topological polar surface area (TPSA) is 89.5 Å². The fourth-order valence-corrected chi connectivity index (χ4v) is 3.19. The molecule has 0 spiro atoms. The molecule has 6 atom stereocenters. The first-order chi connectivity index (χ1) is 11.5. The molecule has 0 bridgehead atoms. The zero-order valence-corrected chi connectivity index (χ0v) is 15.6. The highest BCUT2D eigenvalue weighted by atomic mass is 16.9. The summed E-state index contributed by atoms with van der Waals surface area (Å²) in [6.45, 7) is 11.0. The molecule has 8 nitrogen and oxygen atoms in total. The van der Waals surface area contributed by atoms with Gasteiger partial charge in [0.05, 0.1) is 11.7 Å². The van der Waals surface area contributed by atoms with Crippen molar-refractivity contribution in [1.29, 1.82) is 0 Å². The van der Waals surface area contributed by atoms with Crippen molar-refractivity contribution >= 4 is 12.3 Å². The normalized spacial score (nSPS) is 38.2. The standard InChI is InChI=1S/C17H28O8/c1-10(19)7-21-13-11(2)14-15(22-12(13)8-20-9-18)24-17(6,23-14)25-16(3,4)5/h9,11-15H,7-8H2,1-6H3/t11?,12-,13-,14-,15?,17?/m0/s1. The molecule has 2 fully saturated rings. The fourth-order valence-electron chi connectivity index (χ4n) is 3.19. The monoisotopic (exact) mass is 360 g/mol. The van der Waals surface area contributed by atoms with Gasteiger partial charge in [0.15, 0.2) is 12.1 Å². The number of carbonyl (C=O) groups excluding carboxylic acids is 2. The first kappa shape index (κ1) is 20.3. The van der Waals surface area contributed by atoms with Crippen LogP contribution in [-0.4, -0.2) is 61.6 Å². The van der Waals surface area contributed by atoms with Crippen LogP contribution in [0.5, 0.6) is 0 Å². The van der Waals surface area contributed by atoms with Crippen molar-refractivity contribution in [3.8, 4) is 0 Å². The number of ketones is 1. The zero-order valence-electron chi connectivity index (χ0n) is 15.6. The molecule has 2 saturated heterocycles. The van der Waals surface area contributed by atoms with Gasteiger partial charge in [-0.15, -0.1) is 0 Å². The van der Waals surface area contributed by atoms with Gasteiger partial charge in [-0.25, -0.2) is 0 Å². The van der Waals surface area contributed by atoms with Gasteiger partial charge in [0.25, 0.3) is 12.4 Å². The molecular formula is C17H28O8. The van der Waals surface area contributed by atoms with Crippen LogP contribution < -0.4 is 0 Å². The predicted molar refractivity (Wildman–Crippen MR) is 85.5 cm³/mol. The Morgan fingerprint density at radius 1 is 1.28 bits per heavy atom. The van der Waals surface area contributed by atoms with Gasteiger partial charge in [-0.05, 0) is 27.7 Å². The van der Waals surface area contributed by atoms with E-state index in [4.69, 9.17) is 28.4 Å². The Morgan fingerprint density at radius 3 is 2.52 bits per heavy atom. The Hall–Kier alpha value is -1.06. The van der Waals surface area contributed by atoms with E-state index in [0.29, 0.717) is 6.47 Å². The van der Waals surface area contributed by atoms with Crippen LogP contribution in [0, 0.1) is 5.92 Å². The van der Waals surface area contributed by atoms with Gasteiger partial charge in [-0.3, -0.25) is 14.3 Å². The van der Waals surface area contributed by atoms with Crippen molar-refractivity contribution in [2.24, 2.45) is 5.92 Å². The summed E-state index contributed by atoms with van der Waals surface area (Å²) in [5.74, 6) is -1.52. The largest absolute Gasteiger partial charge is 0.465 e. The maximum atomic E-state index is 11.3. The van der Waals surface area contributed by atoms with Gasteiger partial charge < -0.3 is 23.7 Å². The van der Waals surface area contributed by atoms with E-state index in [1.165, 1.54) is 6.92 Å². The van der Waals surface area contributed by atoms with E-state index in [-0.39, 0.29) is 24.9 Å². The molecule has 2 rings (SSSR count). The van der Waals surface area contributed by atoms with Gasteiger partial charge in [-0.2, -0.15) is 0 Å². The van der Waals surface area contributed by atoms with Crippen molar-refractivity contribution in [2.75, 3.05) is 13.2 Å². The molecule has 0 aromatic rings. The van der Waals surface area contributed by atoms with E-state index in [9.17, 15) is 9.59 Å². The number of rotatable bonds is 7. The smallest absolute Gasteiger partial charge is 0.293 e. The molecule has 0 N–H and O–H groups in total. The number of fused-ring (bicyclic) bond motifs is 1. The summed E-state index contributed by atoms with van der Waals surface area (Å²) in [6.07, 6.45) is -2.16. The van der Waals surface area contributed by atoms with E-state index in [1.807, 2.05) is 27.7 Å². The third-order valence-corrected chi connectivity index (χ3v) is 3.96. The van der Waals surface area contributed by atoms with E-state index in [0.717, 1.165) is 0 Å². The first-order valence-corrected chi connectivity index (χ1v) is 8.42. The average molecular weight is 360 g/mol. The molecule has 0 aromatic carbocycles. The number of Topliss-reactive ketones (excluding diaryl/α,β-unsaturated/α-hetero) is 1. The lowest BCUT2D eigenvalue weighted by molar-refractivity contribution is -0.371. The molecule has 25 heavy (non-hydrogen) atoms. The maximum absolute atomic E-state index is 11.3. The highest BCUT2D eigenvalue weighted by Gasteiger charge is 2.56. The predicted octanol–water partition coefficient (Wildman–Crippen LogP) is 1.40. The number of carbonyl (C=O) groups is 2. The van der Waals surface area contributed by atoms with Crippen LogP contribution in [0.25, 0.3) is 0 Å². The molecule has 0 amide bonds. The Kier molecular flexibility index (Phi) is 6.22. The van der Waals surface area contributed by atoms with Crippen LogP contribution in [0.4, 0.5) is 0 Å². The van der Waals surface area contributed by atoms with Crippen LogP contribution in [0.2, 0.25) is 0 Å². The molecule has 0 aromatic heterocycles. The second-order valence-electron chi connectivity index (χ2n) is 7.59. The highest BCUT2D eigenvalue weighted by Crippen LogP contribution is 2.42. The summed E-state index contributed by atoms with van der Waals surface area (Å²) < 4.78 is 34.1. The third-order valence-electron chi connectivity index (χ3n) is 3.96. The Labute approximate surface area is 148 Å². The molecule has 8 heteroatoms. The molecule has 2 aliphatic rings. The summed E-state index contributed by atoms with van der Waals surface area (Å²) >= 11 is 0. The summed E-state index contributed by atoms with van der Waals surface area (Å²) in [6, 6.07) is 0. The summed E-state index contributed by atoms with van der Waals surface area (Å²) in [4.78, 5) is 21.8. The van der Waals surface area contributed by atoms with Crippen LogP contribution in [-0.2, 0) is 38.0 Å². The molecule has 0 saturated carbocycles. The summed E-state index contributed by atoms with van der Waals surface area (Å²) in [5.41, 5.74) is -0.476. The molecule has 0 radical (unpaired) electrons. The van der Waals surface area contributed by atoms with E-state index >= 15 is 0 Å².